The van der Waals surface area contributed by atoms with Crippen molar-refractivity contribution < 1.29 is 12.9 Å². The molecular formula is C12H12ClN3O3S2. The standard InChI is InChI=1S/C12H12ClN3O3S2/c1-6-11(7(2)19-15-6)21(17,18)16-10-5-8(12(14)20)3-4-9(10)13/h3-5,16H,1-2H3,(H2,14,20). The van der Waals surface area contributed by atoms with Crippen LogP contribution in [0.1, 0.15) is 17.0 Å². The Balaban J connectivity index is 2.46. The van der Waals surface area contributed by atoms with Gasteiger partial charge in [0.1, 0.15) is 10.7 Å². The summed E-state index contributed by atoms with van der Waals surface area (Å²) in [6, 6.07) is 4.60. The van der Waals surface area contributed by atoms with Gasteiger partial charge in [-0.1, -0.05) is 35.0 Å². The fourth-order valence-electron chi connectivity index (χ4n) is 1.81. The van der Waals surface area contributed by atoms with Crippen LogP contribution in [0.2, 0.25) is 5.02 Å². The molecule has 1 aromatic carbocycles. The number of hydrogen-bond acceptors (Lipinski definition) is 5. The molecule has 0 spiro atoms. The van der Waals surface area contributed by atoms with Gasteiger partial charge in [0, 0.05) is 5.56 Å². The van der Waals surface area contributed by atoms with E-state index in [0.29, 0.717) is 5.56 Å². The molecule has 0 saturated heterocycles. The summed E-state index contributed by atoms with van der Waals surface area (Å²) in [5, 5.41) is 3.85. The largest absolute Gasteiger partial charge is 0.389 e. The normalized spacial score (nSPS) is 11.4. The summed E-state index contributed by atoms with van der Waals surface area (Å²) < 4.78 is 32.1. The maximum atomic E-state index is 12.4. The summed E-state index contributed by atoms with van der Waals surface area (Å²) in [6.45, 7) is 3.06. The van der Waals surface area contributed by atoms with Crippen LogP contribution in [0.25, 0.3) is 0 Å². The van der Waals surface area contributed by atoms with Gasteiger partial charge in [-0.15, -0.1) is 0 Å². The van der Waals surface area contributed by atoms with Crippen molar-refractivity contribution in [3.63, 3.8) is 0 Å². The highest BCUT2D eigenvalue weighted by Crippen LogP contribution is 2.28. The van der Waals surface area contributed by atoms with E-state index in [1.54, 1.807) is 6.07 Å². The molecule has 9 heteroatoms. The Morgan fingerprint density at radius 1 is 1.43 bits per heavy atom. The van der Waals surface area contributed by atoms with Gasteiger partial charge in [0.25, 0.3) is 10.0 Å². The molecule has 6 nitrogen and oxygen atoms in total. The molecule has 0 atom stereocenters. The van der Waals surface area contributed by atoms with E-state index in [4.69, 9.17) is 34.1 Å². The van der Waals surface area contributed by atoms with Gasteiger partial charge in [0.05, 0.1) is 10.7 Å². The summed E-state index contributed by atoms with van der Waals surface area (Å²) in [6.07, 6.45) is 0. The summed E-state index contributed by atoms with van der Waals surface area (Å²) >= 11 is 10.9. The number of thiocarbonyl (C=S) groups is 1. The number of benzene rings is 1. The van der Waals surface area contributed by atoms with Gasteiger partial charge in [0.2, 0.25) is 0 Å². The molecule has 0 fully saturated rings. The molecular weight excluding hydrogens is 334 g/mol. The number of sulfonamides is 1. The summed E-state index contributed by atoms with van der Waals surface area (Å²) in [5.74, 6) is 0.196. The van der Waals surface area contributed by atoms with E-state index in [9.17, 15) is 8.42 Å². The third-order valence-electron chi connectivity index (χ3n) is 2.73. The average Bonchev–Trinajstić information content (AvgIpc) is 2.71. The maximum Gasteiger partial charge on any atom is 0.267 e. The van der Waals surface area contributed by atoms with Gasteiger partial charge >= 0.3 is 0 Å². The fourth-order valence-corrected chi connectivity index (χ4v) is 3.56. The maximum absolute atomic E-state index is 12.4. The van der Waals surface area contributed by atoms with E-state index < -0.39 is 10.0 Å². The zero-order chi connectivity index (χ0) is 15.8. The van der Waals surface area contributed by atoms with Gasteiger partial charge in [0.15, 0.2) is 10.7 Å². The SMILES string of the molecule is Cc1noc(C)c1S(=O)(=O)Nc1cc(C(N)=S)ccc1Cl. The molecule has 0 bridgehead atoms. The monoisotopic (exact) mass is 345 g/mol. The Morgan fingerprint density at radius 2 is 2.10 bits per heavy atom. The van der Waals surface area contributed by atoms with Crippen LogP contribution in [-0.4, -0.2) is 18.6 Å². The first-order valence-corrected chi connectivity index (χ1v) is 8.04. The lowest BCUT2D eigenvalue weighted by Gasteiger charge is -2.10. The highest BCUT2D eigenvalue weighted by molar-refractivity contribution is 7.92. The number of aryl methyl sites for hydroxylation is 2. The quantitative estimate of drug-likeness (QED) is 0.825. The highest BCUT2D eigenvalue weighted by Gasteiger charge is 2.25. The molecule has 0 radical (unpaired) electrons. The van der Waals surface area contributed by atoms with Crippen LogP contribution < -0.4 is 10.5 Å². The third-order valence-corrected chi connectivity index (χ3v) is 4.91. The lowest BCUT2D eigenvalue weighted by molar-refractivity contribution is 0.390. The lowest BCUT2D eigenvalue weighted by Crippen LogP contribution is -2.16. The molecule has 3 N–H and O–H groups in total. The van der Waals surface area contributed by atoms with E-state index in [2.05, 4.69) is 9.88 Å². The van der Waals surface area contributed by atoms with Crippen molar-refractivity contribution in [2.45, 2.75) is 18.7 Å². The van der Waals surface area contributed by atoms with Gasteiger partial charge < -0.3 is 10.3 Å². The van der Waals surface area contributed by atoms with Crippen LogP contribution in [0.3, 0.4) is 0 Å². The second-order valence-corrected chi connectivity index (χ2v) is 6.78. The molecule has 0 unspecified atom stereocenters. The molecule has 2 rings (SSSR count). The third kappa shape index (κ3) is 3.17. The minimum atomic E-state index is -3.87. The van der Waals surface area contributed by atoms with Crippen molar-refractivity contribution in [1.82, 2.24) is 5.16 Å². The molecule has 0 amide bonds. The highest BCUT2D eigenvalue weighted by atomic mass is 35.5. The Labute approximate surface area is 132 Å². The summed E-state index contributed by atoms with van der Waals surface area (Å²) in [4.78, 5) is 0.128. The van der Waals surface area contributed by atoms with E-state index in [-0.39, 0.29) is 32.0 Å². The van der Waals surface area contributed by atoms with Crippen LogP contribution in [-0.2, 0) is 10.0 Å². The molecule has 112 valence electrons. The Morgan fingerprint density at radius 3 is 2.62 bits per heavy atom. The number of hydrogen-bond donors (Lipinski definition) is 2. The number of nitrogens with zero attached hydrogens (tertiary/aromatic N) is 1. The first-order chi connectivity index (χ1) is 9.72. The molecule has 1 heterocycles. The van der Waals surface area contributed by atoms with Crippen LogP contribution in [0.5, 0.6) is 0 Å². The zero-order valence-electron chi connectivity index (χ0n) is 11.2. The van der Waals surface area contributed by atoms with Crippen molar-refractivity contribution in [3.8, 4) is 0 Å². The number of aromatic nitrogens is 1. The molecule has 21 heavy (non-hydrogen) atoms. The van der Waals surface area contributed by atoms with Crippen molar-refractivity contribution >= 4 is 44.5 Å². The number of rotatable bonds is 4. The number of halogens is 1. The number of anilines is 1. The van der Waals surface area contributed by atoms with Crippen molar-refractivity contribution in [1.29, 1.82) is 0 Å². The van der Waals surface area contributed by atoms with E-state index >= 15 is 0 Å². The van der Waals surface area contributed by atoms with Crippen molar-refractivity contribution in [2.75, 3.05) is 4.72 Å². The molecule has 0 aliphatic carbocycles. The topological polar surface area (TPSA) is 98.2 Å². The first kappa shape index (κ1) is 15.7. The van der Waals surface area contributed by atoms with Crippen molar-refractivity contribution in [3.05, 3.63) is 40.2 Å². The van der Waals surface area contributed by atoms with Gasteiger partial charge in [-0.25, -0.2) is 8.42 Å². The Bertz CT molecular complexity index is 796. The molecule has 0 aliphatic rings. The van der Waals surface area contributed by atoms with Crippen LogP contribution in [0.4, 0.5) is 5.69 Å². The molecule has 2 aromatic rings. The van der Waals surface area contributed by atoms with E-state index in [1.165, 1.54) is 26.0 Å². The smallest absolute Gasteiger partial charge is 0.267 e. The molecule has 1 aromatic heterocycles. The van der Waals surface area contributed by atoms with Gasteiger partial charge in [-0.3, -0.25) is 4.72 Å². The number of nitrogens with two attached hydrogens (primary N) is 1. The van der Waals surface area contributed by atoms with Gasteiger partial charge in [-0.05, 0) is 26.0 Å². The van der Waals surface area contributed by atoms with Crippen LogP contribution >= 0.6 is 23.8 Å². The second-order valence-electron chi connectivity index (χ2n) is 4.32. The summed E-state index contributed by atoms with van der Waals surface area (Å²) in [5.41, 5.74) is 6.48. The van der Waals surface area contributed by atoms with E-state index in [1.807, 2.05) is 0 Å². The van der Waals surface area contributed by atoms with Crippen LogP contribution in [0.15, 0.2) is 27.6 Å². The lowest BCUT2D eigenvalue weighted by atomic mass is 10.2. The Kier molecular flexibility index (Phi) is 4.22. The molecule has 0 aliphatic heterocycles. The first-order valence-electron chi connectivity index (χ1n) is 5.77. The predicted octanol–water partition coefficient (Wildman–Crippen LogP) is 2.38. The Hall–Kier alpha value is -1.64. The summed E-state index contributed by atoms with van der Waals surface area (Å²) in [7, 11) is -3.87. The fraction of sp³-hybridized carbons (Fsp3) is 0.167. The van der Waals surface area contributed by atoms with Gasteiger partial charge in [-0.2, -0.15) is 0 Å². The number of nitrogens with one attached hydrogen (secondary N) is 1. The minimum Gasteiger partial charge on any atom is -0.389 e. The second kappa shape index (κ2) is 5.63. The van der Waals surface area contributed by atoms with Crippen molar-refractivity contribution in [2.24, 2.45) is 5.73 Å². The molecule has 0 saturated carbocycles. The average molecular weight is 346 g/mol. The van der Waals surface area contributed by atoms with Crippen LogP contribution in [0, 0.1) is 13.8 Å². The van der Waals surface area contributed by atoms with E-state index in [0.717, 1.165) is 0 Å². The zero-order valence-corrected chi connectivity index (χ0v) is 13.6. The minimum absolute atomic E-state index is 0.0145. The predicted molar refractivity (Wildman–Crippen MR) is 84.1 cm³/mol.